The average Bonchev–Trinajstić information content (AvgIpc) is 2.55. The Labute approximate surface area is 109 Å². The van der Waals surface area contributed by atoms with E-state index in [0.717, 1.165) is 21.5 Å². The van der Waals surface area contributed by atoms with E-state index in [9.17, 15) is 9.90 Å². The van der Waals surface area contributed by atoms with Crippen molar-refractivity contribution in [3.05, 3.63) is 59.7 Å². The summed E-state index contributed by atoms with van der Waals surface area (Å²) in [6, 6.07) is 15.1. The number of esters is 1. The van der Waals surface area contributed by atoms with E-state index in [2.05, 4.69) is 0 Å². The van der Waals surface area contributed by atoms with Crippen LogP contribution < -0.4 is 0 Å². The number of hydrogen-bond acceptors (Lipinski definition) is 3. The minimum atomic E-state index is -1.21. The van der Waals surface area contributed by atoms with Crippen molar-refractivity contribution in [1.82, 2.24) is 0 Å². The zero-order valence-electron chi connectivity index (χ0n) is 9.96. The molecule has 1 aliphatic heterocycles. The molecule has 0 saturated heterocycles. The van der Waals surface area contributed by atoms with Crippen molar-refractivity contribution in [3.8, 4) is 0 Å². The molecule has 0 spiro atoms. The topological polar surface area (TPSA) is 46.5 Å². The minimum Gasteiger partial charge on any atom is -0.428 e. The number of rotatable bonds is 0. The van der Waals surface area contributed by atoms with Crippen molar-refractivity contribution in [1.29, 1.82) is 0 Å². The van der Waals surface area contributed by atoms with Crippen LogP contribution in [0, 0.1) is 0 Å². The Kier molecular flexibility index (Phi) is 1.97. The van der Waals surface area contributed by atoms with Gasteiger partial charge in [0.25, 0.3) is 0 Å². The normalized spacial score (nSPS) is 17.7. The maximum atomic E-state index is 12.1. The SMILES string of the molecule is O=C1O[C@@H](O)c2cccc3ccc4cccc1c4c23. The van der Waals surface area contributed by atoms with Gasteiger partial charge in [-0.15, -0.1) is 0 Å². The summed E-state index contributed by atoms with van der Waals surface area (Å²) in [5, 5.41) is 13.8. The minimum absolute atomic E-state index is 0.484. The van der Waals surface area contributed by atoms with Crippen LogP contribution in [0.3, 0.4) is 0 Å². The van der Waals surface area contributed by atoms with Crippen LogP contribution in [0.15, 0.2) is 48.5 Å². The van der Waals surface area contributed by atoms with E-state index in [1.54, 1.807) is 12.1 Å². The van der Waals surface area contributed by atoms with Crippen molar-refractivity contribution in [3.63, 3.8) is 0 Å². The Morgan fingerprint density at radius 2 is 1.58 bits per heavy atom. The highest BCUT2D eigenvalue weighted by Crippen LogP contribution is 2.37. The van der Waals surface area contributed by atoms with Crippen LogP contribution in [0.25, 0.3) is 21.5 Å². The predicted octanol–water partition coefficient (Wildman–Crippen LogP) is 3.15. The van der Waals surface area contributed by atoms with Gasteiger partial charge in [-0.05, 0) is 22.2 Å². The number of benzene rings is 3. The standard InChI is InChI=1S/C16H10O3/c17-15-11-5-1-3-9-7-8-10-4-2-6-12(16(18)19-15)14(10)13(9)11/h1-8,15,17H/t15-/m1/s1. The molecule has 19 heavy (non-hydrogen) atoms. The van der Waals surface area contributed by atoms with Crippen LogP contribution in [0.2, 0.25) is 0 Å². The van der Waals surface area contributed by atoms with E-state index in [4.69, 9.17) is 4.74 Å². The lowest BCUT2D eigenvalue weighted by molar-refractivity contribution is -0.0656. The zero-order valence-corrected chi connectivity index (χ0v) is 9.96. The second-order valence-electron chi connectivity index (χ2n) is 4.67. The number of cyclic esters (lactones) is 1. The van der Waals surface area contributed by atoms with Gasteiger partial charge in [0, 0.05) is 10.9 Å². The second-order valence-corrected chi connectivity index (χ2v) is 4.67. The maximum Gasteiger partial charge on any atom is 0.341 e. The van der Waals surface area contributed by atoms with Gasteiger partial charge in [0.2, 0.25) is 6.29 Å². The quantitative estimate of drug-likeness (QED) is 0.492. The molecule has 0 radical (unpaired) electrons. The van der Waals surface area contributed by atoms with Crippen LogP contribution in [-0.4, -0.2) is 11.1 Å². The number of carbonyl (C=O) groups is 1. The molecule has 92 valence electrons. The van der Waals surface area contributed by atoms with E-state index in [-0.39, 0.29) is 0 Å². The van der Waals surface area contributed by atoms with Gasteiger partial charge in [-0.25, -0.2) is 4.79 Å². The monoisotopic (exact) mass is 250 g/mol. The summed E-state index contributed by atoms with van der Waals surface area (Å²) in [6.45, 7) is 0. The molecule has 3 nitrogen and oxygen atoms in total. The molecule has 1 heterocycles. The van der Waals surface area contributed by atoms with Gasteiger partial charge in [0.1, 0.15) is 0 Å². The molecule has 0 fully saturated rings. The van der Waals surface area contributed by atoms with Gasteiger partial charge in [-0.2, -0.15) is 0 Å². The third-order valence-corrected chi connectivity index (χ3v) is 3.62. The summed E-state index contributed by atoms with van der Waals surface area (Å²) < 4.78 is 5.09. The van der Waals surface area contributed by atoms with E-state index in [1.165, 1.54) is 0 Å². The molecular formula is C16H10O3. The lowest BCUT2D eigenvalue weighted by Gasteiger charge is -2.11. The van der Waals surface area contributed by atoms with Crippen molar-refractivity contribution in [2.45, 2.75) is 6.29 Å². The third kappa shape index (κ3) is 1.33. The number of carbonyl (C=O) groups excluding carboxylic acids is 1. The van der Waals surface area contributed by atoms with Crippen molar-refractivity contribution >= 4 is 27.5 Å². The highest BCUT2D eigenvalue weighted by molar-refractivity contribution is 6.18. The number of ether oxygens (including phenoxy) is 1. The molecule has 1 aliphatic rings. The van der Waals surface area contributed by atoms with Crippen molar-refractivity contribution in [2.24, 2.45) is 0 Å². The molecule has 3 heteroatoms. The van der Waals surface area contributed by atoms with E-state index >= 15 is 0 Å². The predicted molar refractivity (Wildman–Crippen MR) is 71.8 cm³/mol. The molecule has 3 aromatic carbocycles. The second kappa shape index (κ2) is 3.56. The molecule has 4 rings (SSSR count). The lowest BCUT2D eigenvalue weighted by atomic mass is 9.95. The van der Waals surface area contributed by atoms with Crippen LogP contribution >= 0.6 is 0 Å². The number of aliphatic hydroxyl groups excluding tert-OH is 1. The molecule has 1 atom stereocenters. The highest BCUT2D eigenvalue weighted by atomic mass is 16.6. The zero-order chi connectivity index (χ0) is 13.0. The summed E-state index contributed by atoms with van der Waals surface area (Å²) in [4.78, 5) is 12.1. The fraction of sp³-hybridized carbons (Fsp3) is 0.0625. The molecule has 3 aromatic rings. The largest absolute Gasteiger partial charge is 0.428 e. The smallest absolute Gasteiger partial charge is 0.341 e. The molecule has 1 N–H and O–H groups in total. The Morgan fingerprint density at radius 3 is 2.37 bits per heavy atom. The van der Waals surface area contributed by atoms with Gasteiger partial charge in [0.05, 0.1) is 5.56 Å². The molecule has 0 aromatic heterocycles. The molecule has 0 unspecified atom stereocenters. The first-order chi connectivity index (χ1) is 9.25. The molecule has 0 amide bonds. The molecule has 0 aliphatic carbocycles. The number of aliphatic hydroxyl groups is 1. The summed E-state index contributed by atoms with van der Waals surface area (Å²) in [7, 11) is 0. The van der Waals surface area contributed by atoms with Gasteiger partial charge < -0.3 is 9.84 Å². The number of hydrogen-bond donors (Lipinski definition) is 1. The third-order valence-electron chi connectivity index (χ3n) is 3.62. The fourth-order valence-electron chi connectivity index (χ4n) is 2.79. The Balaban J connectivity index is 2.35. The maximum absolute atomic E-state index is 12.1. The first-order valence-electron chi connectivity index (χ1n) is 6.09. The Morgan fingerprint density at radius 1 is 0.895 bits per heavy atom. The molecule has 0 saturated carbocycles. The van der Waals surface area contributed by atoms with Crippen LogP contribution in [0.4, 0.5) is 0 Å². The van der Waals surface area contributed by atoms with E-state index in [1.807, 2.05) is 36.4 Å². The highest BCUT2D eigenvalue weighted by Gasteiger charge is 2.25. The Hall–Kier alpha value is -2.39. The van der Waals surface area contributed by atoms with Crippen LogP contribution in [0.5, 0.6) is 0 Å². The lowest BCUT2D eigenvalue weighted by Crippen LogP contribution is -2.08. The van der Waals surface area contributed by atoms with Crippen molar-refractivity contribution < 1.29 is 14.6 Å². The summed E-state index contributed by atoms with van der Waals surface area (Å²) in [6.07, 6.45) is -1.21. The van der Waals surface area contributed by atoms with Crippen LogP contribution in [-0.2, 0) is 4.74 Å². The first-order valence-corrected chi connectivity index (χ1v) is 6.09. The molecular weight excluding hydrogens is 240 g/mol. The summed E-state index contributed by atoms with van der Waals surface area (Å²) in [5.74, 6) is -0.484. The van der Waals surface area contributed by atoms with Gasteiger partial charge in [-0.1, -0.05) is 42.5 Å². The summed E-state index contributed by atoms with van der Waals surface area (Å²) >= 11 is 0. The van der Waals surface area contributed by atoms with Gasteiger partial charge >= 0.3 is 5.97 Å². The van der Waals surface area contributed by atoms with Crippen LogP contribution in [0.1, 0.15) is 22.2 Å². The fourth-order valence-corrected chi connectivity index (χ4v) is 2.79. The molecule has 0 bridgehead atoms. The van der Waals surface area contributed by atoms with E-state index in [0.29, 0.717) is 11.1 Å². The average molecular weight is 250 g/mol. The van der Waals surface area contributed by atoms with Crippen molar-refractivity contribution in [2.75, 3.05) is 0 Å². The van der Waals surface area contributed by atoms with E-state index < -0.39 is 12.3 Å². The Bertz CT molecular complexity index is 836. The van der Waals surface area contributed by atoms with Gasteiger partial charge in [0.15, 0.2) is 0 Å². The van der Waals surface area contributed by atoms with Gasteiger partial charge in [-0.3, -0.25) is 0 Å². The summed E-state index contributed by atoms with van der Waals surface area (Å²) in [5.41, 5.74) is 1.15. The first kappa shape index (κ1) is 10.5.